The lowest BCUT2D eigenvalue weighted by Gasteiger charge is -2.34. The maximum atomic E-state index is 12.3. The van der Waals surface area contributed by atoms with Gasteiger partial charge < -0.3 is 4.90 Å². The Morgan fingerprint density at radius 2 is 1.85 bits per heavy atom. The van der Waals surface area contributed by atoms with Crippen LogP contribution in [0, 0.1) is 0 Å². The van der Waals surface area contributed by atoms with Crippen LogP contribution >= 0.6 is 0 Å². The molecule has 0 saturated carbocycles. The molecule has 2 aromatic heterocycles. The highest BCUT2D eigenvalue weighted by atomic mass is 16.2. The normalized spacial score (nSPS) is 16.0. The molecular weight excluding hydrogens is 332 g/mol. The lowest BCUT2D eigenvalue weighted by Crippen LogP contribution is -2.49. The molecule has 0 aromatic carbocycles. The maximum absolute atomic E-state index is 12.3. The average molecular weight is 358 g/mol. The molecule has 1 N–H and O–H groups in total. The lowest BCUT2D eigenvalue weighted by atomic mass is 9.92. The molecule has 3 rings (SSSR count). The summed E-state index contributed by atoms with van der Waals surface area (Å²) in [6.45, 7) is 10.5. The zero-order chi connectivity index (χ0) is 18.7. The second-order valence-corrected chi connectivity index (χ2v) is 7.63. The summed E-state index contributed by atoms with van der Waals surface area (Å²) in [4.78, 5) is 28.5. The molecule has 26 heavy (non-hydrogen) atoms. The van der Waals surface area contributed by atoms with Crippen molar-refractivity contribution in [3.8, 4) is 0 Å². The van der Waals surface area contributed by atoms with Gasteiger partial charge in [0.2, 0.25) is 0 Å². The maximum Gasteiger partial charge on any atom is 0.271 e. The van der Waals surface area contributed by atoms with Gasteiger partial charge in [0.05, 0.1) is 12.2 Å². The highest BCUT2D eigenvalue weighted by Gasteiger charge is 2.23. The standard InChI is InChI=1S/C18H26N6O2/c1-18(2,3)15-4-5-16(25)24(21-15)13-10-22-8-11-23(12-9-22)17(26)14-6-7-19-20-14/h4-7H,8-13H2,1-3H3,(H,19,20). The van der Waals surface area contributed by atoms with Crippen LogP contribution < -0.4 is 5.56 Å². The zero-order valence-corrected chi connectivity index (χ0v) is 15.6. The van der Waals surface area contributed by atoms with E-state index in [2.05, 4.69) is 41.0 Å². The molecule has 140 valence electrons. The highest BCUT2D eigenvalue weighted by Crippen LogP contribution is 2.18. The smallest absolute Gasteiger partial charge is 0.271 e. The molecule has 0 spiro atoms. The fraction of sp³-hybridized carbons (Fsp3) is 0.556. The van der Waals surface area contributed by atoms with Gasteiger partial charge in [-0.3, -0.25) is 19.6 Å². The van der Waals surface area contributed by atoms with E-state index in [1.54, 1.807) is 29.1 Å². The molecular formula is C18H26N6O2. The van der Waals surface area contributed by atoms with E-state index in [-0.39, 0.29) is 16.9 Å². The summed E-state index contributed by atoms with van der Waals surface area (Å²) < 4.78 is 1.54. The topological polar surface area (TPSA) is 87.1 Å². The van der Waals surface area contributed by atoms with Gasteiger partial charge in [0, 0.05) is 50.4 Å². The van der Waals surface area contributed by atoms with Crippen molar-refractivity contribution in [2.75, 3.05) is 32.7 Å². The quantitative estimate of drug-likeness (QED) is 0.870. The number of nitrogens with zero attached hydrogens (tertiary/aromatic N) is 5. The van der Waals surface area contributed by atoms with Crippen molar-refractivity contribution < 1.29 is 4.79 Å². The molecule has 1 fully saturated rings. The first-order valence-electron chi connectivity index (χ1n) is 8.94. The molecule has 0 bridgehead atoms. The van der Waals surface area contributed by atoms with E-state index >= 15 is 0 Å². The highest BCUT2D eigenvalue weighted by molar-refractivity contribution is 5.92. The van der Waals surface area contributed by atoms with Crippen molar-refractivity contribution in [3.05, 3.63) is 46.1 Å². The fourth-order valence-corrected chi connectivity index (χ4v) is 2.97. The first kappa shape index (κ1) is 18.3. The summed E-state index contributed by atoms with van der Waals surface area (Å²) in [5.74, 6) is -0.0158. The van der Waals surface area contributed by atoms with Gasteiger partial charge in [-0.2, -0.15) is 10.2 Å². The molecule has 0 atom stereocenters. The summed E-state index contributed by atoms with van der Waals surface area (Å²) in [6.07, 6.45) is 1.58. The first-order valence-corrected chi connectivity index (χ1v) is 8.94. The van der Waals surface area contributed by atoms with Crippen LogP contribution in [0.3, 0.4) is 0 Å². The summed E-state index contributed by atoms with van der Waals surface area (Å²) in [6, 6.07) is 5.09. The third-order valence-electron chi connectivity index (χ3n) is 4.65. The van der Waals surface area contributed by atoms with Crippen LogP contribution in [-0.2, 0) is 12.0 Å². The number of H-pyrrole nitrogens is 1. The number of rotatable bonds is 4. The number of piperazine rings is 1. The van der Waals surface area contributed by atoms with Gasteiger partial charge in [0.25, 0.3) is 11.5 Å². The number of aromatic amines is 1. The van der Waals surface area contributed by atoms with Crippen LogP contribution in [-0.4, -0.2) is 68.4 Å². The fourth-order valence-electron chi connectivity index (χ4n) is 2.97. The first-order chi connectivity index (χ1) is 12.3. The van der Waals surface area contributed by atoms with Crippen molar-refractivity contribution in [2.45, 2.75) is 32.7 Å². The van der Waals surface area contributed by atoms with Gasteiger partial charge in [-0.15, -0.1) is 0 Å². The lowest BCUT2D eigenvalue weighted by molar-refractivity contribution is 0.0625. The largest absolute Gasteiger partial charge is 0.335 e. The average Bonchev–Trinajstić information content (AvgIpc) is 3.14. The molecule has 1 aliphatic heterocycles. The third-order valence-corrected chi connectivity index (χ3v) is 4.65. The molecule has 0 aliphatic carbocycles. The van der Waals surface area contributed by atoms with E-state index in [4.69, 9.17) is 0 Å². The Kier molecular flexibility index (Phi) is 5.22. The minimum absolute atomic E-state index is 0.0158. The predicted octanol–water partition coefficient (Wildman–Crippen LogP) is 0.722. The van der Waals surface area contributed by atoms with E-state index < -0.39 is 0 Å². The molecule has 3 heterocycles. The number of nitrogens with one attached hydrogen (secondary N) is 1. The van der Waals surface area contributed by atoms with E-state index in [0.29, 0.717) is 25.3 Å². The van der Waals surface area contributed by atoms with Crippen molar-refractivity contribution in [2.24, 2.45) is 0 Å². The van der Waals surface area contributed by atoms with Gasteiger partial charge in [0.15, 0.2) is 0 Å². The zero-order valence-electron chi connectivity index (χ0n) is 15.6. The Morgan fingerprint density at radius 1 is 1.12 bits per heavy atom. The Bertz CT molecular complexity index is 798. The van der Waals surface area contributed by atoms with Crippen LogP contribution in [0.25, 0.3) is 0 Å². The molecule has 2 aromatic rings. The van der Waals surface area contributed by atoms with E-state index in [1.165, 1.54) is 0 Å². The Hall–Kier alpha value is -2.48. The molecule has 8 heteroatoms. The van der Waals surface area contributed by atoms with Crippen LogP contribution in [0.4, 0.5) is 0 Å². The molecule has 1 amide bonds. The molecule has 0 unspecified atom stereocenters. The van der Waals surface area contributed by atoms with Crippen LogP contribution in [0.5, 0.6) is 0 Å². The molecule has 1 aliphatic rings. The van der Waals surface area contributed by atoms with Crippen molar-refractivity contribution in [1.82, 2.24) is 29.8 Å². The monoisotopic (exact) mass is 358 g/mol. The van der Waals surface area contributed by atoms with Gasteiger partial charge in [-0.05, 0) is 12.1 Å². The van der Waals surface area contributed by atoms with Gasteiger partial charge in [-0.1, -0.05) is 20.8 Å². The Balaban J connectivity index is 1.54. The summed E-state index contributed by atoms with van der Waals surface area (Å²) >= 11 is 0. The number of amides is 1. The van der Waals surface area contributed by atoms with Crippen molar-refractivity contribution in [3.63, 3.8) is 0 Å². The Morgan fingerprint density at radius 3 is 2.46 bits per heavy atom. The molecule has 8 nitrogen and oxygen atoms in total. The number of hydrogen-bond acceptors (Lipinski definition) is 5. The number of hydrogen-bond donors (Lipinski definition) is 1. The minimum Gasteiger partial charge on any atom is -0.335 e. The third kappa shape index (κ3) is 4.19. The second-order valence-electron chi connectivity index (χ2n) is 7.63. The van der Waals surface area contributed by atoms with E-state index in [0.717, 1.165) is 25.3 Å². The van der Waals surface area contributed by atoms with Crippen LogP contribution in [0.1, 0.15) is 37.0 Å². The van der Waals surface area contributed by atoms with E-state index in [9.17, 15) is 9.59 Å². The van der Waals surface area contributed by atoms with Gasteiger partial charge in [0.1, 0.15) is 5.69 Å². The van der Waals surface area contributed by atoms with Crippen LogP contribution in [0.15, 0.2) is 29.2 Å². The van der Waals surface area contributed by atoms with Gasteiger partial charge in [-0.25, -0.2) is 4.68 Å². The van der Waals surface area contributed by atoms with Crippen LogP contribution in [0.2, 0.25) is 0 Å². The second kappa shape index (κ2) is 7.41. The number of carbonyl (C=O) groups excluding carboxylic acids is 1. The van der Waals surface area contributed by atoms with Crippen molar-refractivity contribution in [1.29, 1.82) is 0 Å². The molecule has 1 saturated heterocycles. The van der Waals surface area contributed by atoms with Crippen molar-refractivity contribution >= 4 is 5.91 Å². The van der Waals surface area contributed by atoms with E-state index in [1.807, 2.05) is 4.90 Å². The predicted molar refractivity (Wildman–Crippen MR) is 98.1 cm³/mol. The molecule has 0 radical (unpaired) electrons. The Labute approximate surface area is 152 Å². The summed E-state index contributed by atoms with van der Waals surface area (Å²) in [7, 11) is 0. The number of aromatic nitrogens is 4. The SMILES string of the molecule is CC(C)(C)c1ccc(=O)n(CCN2CCN(C(=O)c3ccn[nH]3)CC2)n1. The summed E-state index contributed by atoms with van der Waals surface area (Å²) in [5.41, 5.74) is 1.26. The minimum atomic E-state index is -0.0892. The van der Waals surface area contributed by atoms with Gasteiger partial charge >= 0.3 is 0 Å². The summed E-state index contributed by atoms with van der Waals surface area (Å²) in [5, 5.41) is 11.0. The number of carbonyl (C=O) groups is 1.